The van der Waals surface area contributed by atoms with Gasteiger partial charge in [-0.1, -0.05) is 36.4 Å². The van der Waals surface area contributed by atoms with Crippen LogP contribution in [0.15, 0.2) is 58.9 Å². The second kappa shape index (κ2) is 4.44. The third-order valence-corrected chi connectivity index (χ3v) is 2.29. The summed E-state index contributed by atoms with van der Waals surface area (Å²) < 4.78 is 0. The van der Waals surface area contributed by atoms with Gasteiger partial charge < -0.3 is 0 Å². The molecule has 0 unspecified atom stereocenters. The van der Waals surface area contributed by atoms with Crippen LogP contribution in [0.4, 0.5) is 11.4 Å². The van der Waals surface area contributed by atoms with Gasteiger partial charge in [-0.2, -0.15) is 0 Å². The third-order valence-electron chi connectivity index (χ3n) is 2.29. The number of nitroso groups, excluding NO2 is 2. The normalized spacial score (nSPS) is 9.75. The van der Waals surface area contributed by atoms with Crippen LogP contribution in [0.2, 0.25) is 0 Å². The molecule has 2 rings (SSSR count). The van der Waals surface area contributed by atoms with Crippen LogP contribution >= 0.6 is 0 Å². The standard InChI is InChI=1S/C12H8N2O2/c15-13-11-7-3-1-5-9(11)10-6-2-4-8-12(10)14-16/h1-8H. The molecule has 0 spiro atoms. The van der Waals surface area contributed by atoms with Gasteiger partial charge in [-0.3, -0.25) is 0 Å². The Morgan fingerprint density at radius 3 is 1.38 bits per heavy atom. The van der Waals surface area contributed by atoms with E-state index in [1.807, 2.05) is 0 Å². The molecular formula is C12H8N2O2. The highest BCUT2D eigenvalue weighted by molar-refractivity contribution is 5.83. The Bertz CT molecular complexity index is 489. The summed E-state index contributed by atoms with van der Waals surface area (Å²) in [5, 5.41) is 5.86. The van der Waals surface area contributed by atoms with Gasteiger partial charge in [0.1, 0.15) is 11.4 Å². The maximum Gasteiger partial charge on any atom is 0.115 e. The smallest absolute Gasteiger partial charge is 0.115 e. The zero-order chi connectivity index (χ0) is 11.4. The summed E-state index contributed by atoms with van der Waals surface area (Å²) in [6, 6.07) is 13.7. The molecule has 2 aromatic carbocycles. The lowest BCUT2D eigenvalue weighted by atomic mass is 10.0. The molecule has 0 aliphatic heterocycles. The SMILES string of the molecule is O=Nc1ccccc1-c1ccccc1N=O. The molecule has 78 valence electrons. The van der Waals surface area contributed by atoms with Crippen molar-refractivity contribution in [3.05, 3.63) is 58.3 Å². The summed E-state index contributed by atoms with van der Waals surface area (Å²) >= 11 is 0. The first-order valence-corrected chi connectivity index (χ1v) is 4.72. The van der Waals surface area contributed by atoms with E-state index in [-0.39, 0.29) is 0 Å². The van der Waals surface area contributed by atoms with E-state index in [2.05, 4.69) is 10.4 Å². The van der Waals surface area contributed by atoms with Crippen molar-refractivity contribution >= 4 is 11.4 Å². The van der Waals surface area contributed by atoms with Crippen molar-refractivity contribution in [2.75, 3.05) is 0 Å². The van der Waals surface area contributed by atoms with Gasteiger partial charge in [-0.15, -0.1) is 9.81 Å². The quantitative estimate of drug-likeness (QED) is 0.717. The van der Waals surface area contributed by atoms with Gasteiger partial charge >= 0.3 is 0 Å². The molecular weight excluding hydrogens is 204 g/mol. The van der Waals surface area contributed by atoms with Crippen molar-refractivity contribution in [3.63, 3.8) is 0 Å². The molecule has 0 aliphatic rings. The summed E-state index contributed by atoms with van der Waals surface area (Å²) in [7, 11) is 0. The molecule has 0 aromatic heterocycles. The summed E-state index contributed by atoms with van der Waals surface area (Å²) in [6.45, 7) is 0. The summed E-state index contributed by atoms with van der Waals surface area (Å²) in [5.74, 6) is 0. The molecule has 0 aliphatic carbocycles. The van der Waals surface area contributed by atoms with E-state index in [1.165, 1.54) is 0 Å². The van der Waals surface area contributed by atoms with Crippen LogP contribution in [0, 0.1) is 9.81 Å². The first-order valence-electron chi connectivity index (χ1n) is 4.72. The molecule has 0 saturated heterocycles. The van der Waals surface area contributed by atoms with Crippen LogP contribution in [-0.4, -0.2) is 0 Å². The molecule has 0 heterocycles. The van der Waals surface area contributed by atoms with Crippen LogP contribution in [0.5, 0.6) is 0 Å². The highest BCUT2D eigenvalue weighted by Gasteiger charge is 2.09. The van der Waals surface area contributed by atoms with Gasteiger partial charge in [0, 0.05) is 11.1 Å². The number of hydrogen-bond acceptors (Lipinski definition) is 4. The molecule has 0 saturated carbocycles. The average Bonchev–Trinajstić information content (AvgIpc) is 2.38. The van der Waals surface area contributed by atoms with Crippen molar-refractivity contribution in [1.29, 1.82) is 0 Å². The Labute approximate surface area is 91.9 Å². The minimum absolute atomic E-state index is 0.304. The maximum absolute atomic E-state index is 10.6. The third kappa shape index (κ3) is 1.72. The maximum atomic E-state index is 10.6. The topological polar surface area (TPSA) is 58.9 Å². The van der Waals surface area contributed by atoms with Crippen molar-refractivity contribution in [2.45, 2.75) is 0 Å². The molecule has 0 bridgehead atoms. The Kier molecular flexibility index (Phi) is 2.82. The fourth-order valence-electron chi connectivity index (χ4n) is 1.56. The van der Waals surface area contributed by atoms with Gasteiger partial charge in [-0.25, -0.2) is 0 Å². The van der Waals surface area contributed by atoms with Crippen molar-refractivity contribution < 1.29 is 0 Å². The molecule has 16 heavy (non-hydrogen) atoms. The van der Waals surface area contributed by atoms with Crippen molar-refractivity contribution in [2.24, 2.45) is 10.4 Å². The van der Waals surface area contributed by atoms with Crippen LogP contribution in [0.3, 0.4) is 0 Å². The minimum atomic E-state index is 0.304. The van der Waals surface area contributed by atoms with Crippen molar-refractivity contribution in [1.82, 2.24) is 0 Å². The Balaban J connectivity index is 2.67. The summed E-state index contributed by atoms with van der Waals surface area (Å²) in [4.78, 5) is 21.3. The highest BCUT2D eigenvalue weighted by Crippen LogP contribution is 2.35. The molecule has 4 nitrogen and oxygen atoms in total. The van der Waals surface area contributed by atoms with Gasteiger partial charge in [0.15, 0.2) is 0 Å². The summed E-state index contributed by atoms with van der Waals surface area (Å²) in [6.07, 6.45) is 0. The van der Waals surface area contributed by atoms with E-state index in [9.17, 15) is 9.81 Å². The van der Waals surface area contributed by atoms with Crippen LogP contribution in [0.1, 0.15) is 0 Å². The second-order valence-corrected chi connectivity index (χ2v) is 3.22. The molecule has 0 atom stereocenters. The lowest BCUT2D eigenvalue weighted by Crippen LogP contribution is -1.79. The van der Waals surface area contributed by atoms with Gasteiger partial charge in [0.05, 0.1) is 0 Å². The van der Waals surface area contributed by atoms with Crippen LogP contribution < -0.4 is 0 Å². The lowest BCUT2D eigenvalue weighted by Gasteiger charge is -2.04. The zero-order valence-electron chi connectivity index (χ0n) is 8.33. The number of hydrogen-bond donors (Lipinski definition) is 0. The second-order valence-electron chi connectivity index (χ2n) is 3.22. The Morgan fingerprint density at radius 1 is 0.625 bits per heavy atom. The van der Waals surface area contributed by atoms with Gasteiger partial charge in [0.2, 0.25) is 0 Å². The molecule has 4 heteroatoms. The number of nitrogens with zero attached hydrogens (tertiary/aromatic N) is 2. The average molecular weight is 212 g/mol. The molecule has 0 amide bonds. The van der Waals surface area contributed by atoms with Gasteiger partial charge in [-0.05, 0) is 22.5 Å². The van der Waals surface area contributed by atoms with E-state index in [1.54, 1.807) is 48.5 Å². The van der Waals surface area contributed by atoms with Crippen LogP contribution in [-0.2, 0) is 0 Å². The van der Waals surface area contributed by atoms with Gasteiger partial charge in [0.25, 0.3) is 0 Å². The fourth-order valence-corrected chi connectivity index (χ4v) is 1.56. The van der Waals surface area contributed by atoms with E-state index >= 15 is 0 Å². The predicted molar refractivity (Wildman–Crippen MR) is 62.8 cm³/mol. The number of benzene rings is 2. The summed E-state index contributed by atoms with van der Waals surface area (Å²) in [5.41, 5.74) is 1.85. The van der Waals surface area contributed by atoms with E-state index in [0.29, 0.717) is 22.5 Å². The Hall–Kier alpha value is -2.36. The van der Waals surface area contributed by atoms with Crippen molar-refractivity contribution in [3.8, 4) is 11.1 Å². The van der Waals surface area contributed by atoms with E-state index in [0.717, 1.165) is 0 Å². The molecule has 0 fully saturated rings. The van der Waals surface area contributed by atoms with E-state index in [4.69, 9.17) is 0 Å². The molecule has 0 N–H and O–H groups in total. The minimum Gasteiger partial charge on any atom is -0.145 e. The monoisotopic (exact) mass is 212 g/mol. The zero-order valence-corrected chi connectivity index (χ0v) is 8.33. The Morgan fingerprint density at radius 2 is 1.00 bits per heavy atom. The first-order chi connectivity index (χ1) is 7.86. The first kappa shape index (κ1) is 10.2. The lowest BCUT2D eigenvalue weighted by molar-refractivity contribution is 1.45. The largest absolute Gasteiger partial charge is 0.145 e. The van der Waals surface area contributed by atoms with Crippen LogP contribution in [0.25, 0.3) is 11.1 Å². The molecule has 0 radical (unpaired) electrons. The predicted octanol–water partition coefficient (Wildman–Crippen LogP) is 4.15. The number of rotatable bonds is 3. The van der Waals surface area contributed by atoms with E-state index < -0.39 is 0 Å². The molecule has 2 aromatic rings. The highest BCUT2D eigenvalue weighted by atomic mass is 16.3. The fraction of sp³-hybridized carbons (Fsp3) is 0.